The fourth-order valence-electron chi connectivity index (χ4n) is 3.78. The molecule has 3 rings (SSSR count). The Bertz CT molecular complexity index is 527. The number of halogens is 1. The molecular weight excluding hydrogens is 305 g/mol. The van der Waals surface area contributed by atoms with E-state index in [1.165, 1.54) is 0 Å². The zero-order valence-electron chi connectivity index (χ0n) is 15.2. The molecule has 0 radical (unpaired) electrons. The Labute approximate surface area is 145 Å². The Balaban J connectivity index is 1.68. The van der Waals surface area contributed by atoms with Crippen LogP contribution in [0.2, 0.25) is 0 Å². The fraction of sp³-hybridized carbons (Fsp3) is 0.684. The number of morpholine rings is 1. The maximum Gasteiger partial charge on any atom is 0.147 e. The van der Waals surface area contributed by atoms with Crippen LogP contribution in [0, 0.1) is 12.7 Å². The maximum atomic E-state index is 14.8. The monoisotopic (exact) mass is 335 g/mol. The third-order valence-corrected chi connectivity index (χ3v) is 5.18. The molecule has 1 aromatic rings. The first-order chi connectivity index (χ1) is 11.5. The number of ether oxygens (including phenoxy) is 1. The highest BCUT2D eigenvalue weighted by Gasteiger charge is 2.23. The largest absolute Gasteiger partial charge is 0.379 e. The van der Waals surface area contributed by atoms with Crippen molar-refractivity contribution in [2.45, 2.75) is 33.4 Å². The first kappa shape index (κ1) is 17.6. The second-order valence-corrected chi connectivity index (χ2v) is 7.25. The molecule has 0 aliphatic carbocycles. The molecule has 0 atom stereocenters. The molecule has 2 saturated heterocycles. The molecule has 2 heterocycles. The number of anilines is 1. The van der Waals surface area contributed by atoms with E-state index in [4.69, 9.17) is 4.74 Å². The van der Waals surface area contributed by atoms with E-state index in [1.807, 2.05) is 6.92 Å². The van der Waals surface area contributed by atoms with Crippen molar-refractivity contribution in [3.8, 4) is 0 Å². The molecule has 24 heavy (non-hydrogen) atoms. The average Bonchev–Trinajstić information content (AvgIpc) is 2.55. The van der Waals surface area contributed by atoms with Gasteiger partial charge in [-0.15, -0.1) is 0 Å². The quantitative estimate of drug-likeness (QED) is 0.841. The van der Waals surface area contributed by atoms with Gasteiger partial charge in [0.25, 0.3) is 0 Å². The highest BCUT2D eigenvalue weighted by atomic mass is 19.1. The Morgan fingerprint density at radius 3 is 2.29 bits per heavy atom. The second kappa shape index (κ2) is 7.81. The van der Waals surface area contributed by atoms with Crippen LogP contribution in [-0.2, 0) is 11.3 Å². The van der Waals surface area contributed by atoms with Crippen LogP contribution < -0.4 is 4.90 Å². The van der Waals surface area contributed by atoms with Gasteiger partial charge >= 0.3 is 0 Å². The van der Waals surface area contributed by atoms with Crippen LogP contribution in [0.4, 0.5) is 10.1 Å². The third kappa shape index (κ3) is 4.08. The zero-order valence-corrected chi connectivity index (χ0v) is 15.2. The highest BCUT2D eigenvalue weighted by molar-refractivity contribution is 5.56. The van der Waals surface area contributed by atoms with Gasteiger partial charge in [-0.3, -0.25) is 9.80 Å². The van der Waals surface area contributed by atoms with Crippen molar-refractivity contribution in [3.63, 3.8) is 0 Å². The van der Waals surface area contributed by atoms with E-state index in [9.17, 15) is 4.39 Å². The van der Waals surface area contributed by atoms with Gasteiger partial charge in [0.2, 0.25) is 0 Å². The molecular formula is C19H30FN3O. The van der Waals surface area contributed by atoms with Crippen LogP contribution in [-0.4, -0.2) is 68.3 Å². The number of piperazine rings is 1. The summed E-state index contributed by atoms with van der Waals surface area (Å²) in [4.78, 5) is 7.00. The molecule has 2 aliphatic heterocycles. The van der Waals surface area contributed by atoms with Gasteiger partial charge in [0.05, 0.1) is 18.9 Å². The molecule has 134 valence electrons. The minimum absolute atomic E-state index is 0.0729. The van der Waals surface area contributed by atoms with E-state index in [2.05, 4.69) is 34.6 Å². The van der Waals surface area contributed by atoms with Crippen LogP contribution in [0.15, 0.2) is 12.1 Å². The predicted molar refractivity (Wildman–Crippen MR) is 96.2 cm³/mol. The first-order valence-corrected chi connectivity index (χ1v) is 9.12. The highest BCUT2D eigenvalue weighted by Crippen LogP contribution is 2.27. The Hall–Kier alpha value is -1.17. The molecule has 1 aromatic carbocycles. The lowest BCUT2D eigenvalue weighted by atomic mass is 10.1. The van der Waals surface area contributed by atoms with Gasteiger partial charge in [-0.05, 0) is 38.0 Å². The van der Waals surface area contributed by atoms with Crippen molar-refractivity contribution in [2.75, 3.05) is 57.4 Å². The lowest BCUT2D eigenvalue weighted by Gasteiger charge is -2.39. The summed E-state index contributed by atoms with van der Waals surface area (Å²) in [5.74, 6) is -0.0729. The number of aryl methyl sites for hydroxylation is 1. The minimum Gasteiger partial charge on any atom is -0.379 e. The normalized spacial score (nSPS) is 20.8. The van der Waals surface area contributed by atoms with Crippen LogP contribution >= 0.6 is 0 Å². The minimum atomic E-state index is -0.0729. The van der Waals surface area contributed by atoms with E-state index in [0.29, 0.717) is 6.04 Å². The molecule has 0 spiro atoms. The van der Waals surface area contributed by atoms with E-state index < -0.39 is 0 Å². The Kier molecular flexibility index (Phi) is 5.74. The van der Waals surface area contributed by atoms with Crippen LogP contribution in [0.1, 0.15) is 25.0 Å². The lowest BCUT2D eigenvalue weighted by molar-refractivity contribution is 0.0341. The average molecular weight is 335 g/mol. The molecule has 0 unspecified atom stereocenters. The van der Waals surface area contributed by atoms with Crippen molar-refractivity contribution < 1.29 is 9.13 Å². The van der Waals surface area contributed by atoms with Crippen LogP contribution in [0.5, 0.6) is 0 Å². The van der Waals surface area contributed by atoms with E-state index >= 15 is 0 Å². The van der Waals surface area contributed by atoms with Crippen molar-refractivity contribution in [1.29, 1.82) is 0 Å². The molecule has 4 nitrogen and oxygen atoms in total. The van der Waals surface area contributed by atoms with Crippen molar-refractivity contribution in [2.24, 2.45) is 0 Å². The molecule has 0 saturated carbocycles. The summed E-state index contributed by atoms with van der Waals surface area (Å²) in [5, 5.41) is 0. The smallest absolute Gasteiger partial charge is 0.147 e. The third-order valence-electron chi connectivity index (χ3n) is 5.18. The van der Waals surface area contributed by atoms with Gasteiger partial charge < -0.3 is 9.64 Å². The summed E-state index contributed by atoms with van der Waals surface area (Å²) in [6.07, 6.45) is 0. The number of hydrogen-bond acceptors (Lipinski definition) is 4. The number of nitrogens with zero attached hydrogens (tertiary/aromatic N) is 3. The van der Waals surface area contributed by atoms with Gasteiger partial charge in [0, 0.05) is 51.9 Å². The SMILES string of the molecule is Cc1cc(CN2CCOCC2)cc(F)c1N1CCN(C(C)C)CC1. The summed E-state index contributed by atoms with van der Waals surface area (Å²) in [6, 6.07) is 4.45. The predicted octanol–water partition coefficient (Wildman–Crippen LogP) is 2.50. The van der Waals surface area contributed by atoms with Crippen molar-refractivity contribution in [1.82, 2.24) is 9.80 Å². The molecule has 0 amide bonds. The van der Waals surface area contributed by atoms with Crippen molar-refractivity contribution in [3.05, 3.63) is 29.1 Å². The summed E-state index contributed by atoms with van der Waals surface area (Å²) in [7, 11) is 0. The Morgan fingerprint density at radius 2 is 1.71 bits per heavy atom. The maximum absolute atomic E-state index is 14.8. The molecule has 5 heteroatoms. The Morgan fingerprint density at radius 1 is 1.04 bits per heavy atom. The zero-order chi connectivity index (χ0) is 17.1. The molecule has 2 aliphatic rings. The summed E-state index contributed by atoms with van der Waals surface area (Å²) in [5.41, 5.74) is 2.91. The molecule has 0 bridgehead atoms. The van der Waals surface area contributed by atoms with Gasteiger partial charge in [-0.2, -0.15) is 0 Å². The summed E-state index contributed by atoms with van der Waals surface area (Å²) < 4.78 is 20.2. The van der Waals surface area contributed by atoms with Crippen LogP contribution in [0.3, 0.4) is 0 Å². The van der Waals surface area contributed by atoms with Gasteiger partial charge in [-0.1, -0.05) is 6.07 Å². The molecule has 0 aromatic heterocycles. The lowest BCUT2D eigenvalue weighted by Crippen LogP contribution is -2.49. The number of benzene rings is 1. The molecule has 2 fully saturated rings. The van der Waals surface area contributed by atoms with E-state index in [0.717, 1.165) is 75.8 Å². The number of rotatable bonds is 4. The topological polar surface area (TPSA) is 19.0 Å². The van der Waals surface area contributed by atoms with E-state index in [-0.39, 0.29) is 5.82 Å². The number of hydrogen-bond donors (Lipinski definition) is 0. The first-order valence-electron chi connectivity index (χ1n) is 9.12. The van der Waals surface area contributed by atoms with Gasteiger partial charge in [0.1, 0.15) is 5.82 Å². The summed E-state index contributed by atoms with van der Waals surface area (Å²) >= 11 is 0. The molecule has 0 N–H and O–H groups in total. The van der Waals surface area contributed by atoms with Crippen LogP contribution in [0.25, 0.3) is 0 Å². The van der Waals surface area contributed by atoms with Gasteiger partial charge in [-0.25, -0.2) is 4.39 Å². The van der Waals surface area contributed by atoms with Crippen molar-refractivity contribution >= 4 is 5.69 Å². The summed E-state index contributed by atoms with van der Waals surface area (Å²) in [6.45, 7) is 14.5. The van der Waals surface area contributed by atoms with Gasteiger partial charge in [0.15, 0.2) is 0 Å². The second-order valence-electron chi connectivity index (χ2n) is 7.25. The van der Waals surface area contributed by atoms with E-state index in [1.54, 1.807) is 6.07 Å². The fourth-order valence-corrected chi connectivity index (χ4v) is 3.78. The standard InChI is InChI=1S/C19H30FN3O/c1-15(2)22-4-6-23(7-5-22)19-16(3)12-17(13-18(19)20)14-21-8-10-24-11-9-21/h12-13,15H,4-11,14H2,1-3H3.